The molecule has 6 rings (SSSR count). The molecular weight excluding hydrogens is 336 g/mol. The van der Waals surface area contributed by atoms with E-state index in [1.54, 1.807) is 0 Å². The van der Waals surface area contributed by atoms with Gasteiger partial charge in [0.25, 0.3) is 0 Å². The highest BCUT2D eigenvalue weighted by Gasteiger charge is 2.83. The van der Waals surface area contributed by atoms with E-state index in [0.29, 0.717) is 18.4 Å². The zero-order valence-corrected chi connectivity index (χ0v) is 15.3. The zero-order valence-electron chi connectivity index (χ0n) is 15.3. The molecule has 10 atom stereocenters. The predicted molar refractivity (Wildman–Crippen MR) is 90.6 cm³/mol. The average Bonchev–Trinajstić information content (AvgIpc) is 2.70. The Morgan fingerprint density at radius 1 is 1.15 bits per heavy atom. The van der Waals surface area contributed by atoms with E-state index in [1.807, 2.05) is 0 Å². The summed E-state index contributed by atoms with van der Waals surface area (Å²) in [6.45, 7) is 8.14. The number of rotatable bonds is 0. The summed E-state index contributed by atoms with van der Waals surface area (Å²) in [4.78, 5) is 13.3. The van der Waals surface area contributed by atoms with E-state index in [0.717, 1.165) is 6.42 Å². The van der Waals surface area contributed by atoms with Crippen LogP contribution in [0.25, 0.3) is 0 Å². The van der Waals surface area contributed by atoms with Crippen molar-refractivity contribution in [2.24, 2.45) is 34.0 Å². The smallest absolute Gasteiger partial charge is 0.170 e. The molecule has 6 aliphatic rings. The second-order valence-corrected chi connectivity index (χ2v) is 9.93. The van der Waals surface area contributed by atoms with Gasteiger partial charge in [-0.2, -0.15) is 0 Å². The van der Waals surface area contributed by atoms with Crippen molar-refractivity contribution in [3.05, 3.63) is 12.2 Å². The van der Waals surface area contributed by atoms with Gasteiger partial charge in [0.15, 0.2) is 12.1 Å². The van der Waals surface area contributed by atoms with Crippen molar-refractivity contribution in [1.82, 2.24) is 0 Å². The quantitative estimate of drug-likeness (QED) is 0.463. The lowest BCUT2D eigenvalue weighted by atomic mass is 9.36. The van der Waals surface area contributed by atoms with Gasteiger partial charge < -0.3 is 25.2 Å². The average molecular weight is 364 g/mol. The molecule has 4 saturated carbocycles. The van der Waals surface area contributed by atoms with Crippen LogP contribution in [0.2, 0.25) is 0 Å². The van der Waals surface area contributed by atoms with Gasteiger partial charge in [-0.1, -0.05) is 20.4 Å². The van der Waals surface area contributed by atoms with Crippen LogP contribution in [0.4, 0.5) is 0 Å². The van der Waals surface area contributed by atoms with Crippen molar-refractivity contribution < 1.29 is 30.0 Å². The number of fused-ring (bicyclic) bond motifs is 2. The Balaban J connectivity index is 1.79. The number of hydrogen-bond acceptors (Lipinski definition) is 6. The molecule has 2 heterocycles. The fourth-order valence-electron chi connectivity index (χ4n) is 7.83. The van der Waals surface area contributed by atoms with Crippen molar-refractivity contribution in [1.29, 1.82) is 0 Å². The van der Waals surface area contributed by atoms with E-state index in [9.17, 15) is 25.2 Å². The van der Waals surface area contributed by atoms with Gasteiger partial charge in [0.2, 0.25) is 0 Å². The van der Waals surface area contributed by atoms with E-state index >= 15 is 0 Å². The first-order valence-electron chi connectivity index (χ1n) is 9.72. The normalized spacial score (nSPS) is 59.9. The molecule has 4 N–H and O–H groups in total. The van der Waals surface area contributed by atoms with Crippen LogP contribution in [0, 0.1) is 34.0 Å². The summed E-state index contributed by atoms with van der Waals surface area (Å²) in [6.07, 6.45) is -2.67. The van der Waals surface area contributed by atoms with Gasteiger partial charge in [0.1, 0.15) is 0 Å². The fourth-order valence-corrected chi connectivity index (χ4v) is 7.83. The van der Waals surface area contributed by atoms with Crippen LogP contribution in [0.5, 0.6) is 0 Å². The number of hydrogen-bond donors (Lipinski definition) is 4. The van der Waals surface area contributed by atoms with Gasteiger partial charge in [-0.25, -0.2) is 0 Å². The molecule has 0 radical (unpaired) electrons. The topological polar surface area (TPSA) is 107 Å². The van der Waals surface area contributed by atoms with Crippen molar-refractivity contribution in [3.8, 4) is 0 Å². The molecule has 0 aromatic rings. The van der Waals surface area contributed by atoms with Crippen LogP contribution in [0.15, 0.2) is 12.2 Å². The molecule has 26 heavy (non-hydrogen) atoms. The third-order valence-corrected chi connectivity index (χ3v) is 8.83. The van der Waals surface area contributed by atoms with E-state index in [2.05, 4.69) is 20.4 Å². The Labute approximate surface area is 152 Å². The van der Waals surface area contributed by atoms with Gasteiger partial charge in [-0.15, -0.1) is 0 Å². The summed E-state index contributed by atoms with van der Waals surface area (Å²) in [5.74, 6) is -1.54. The van der Waals surface area contributed by atoms with Crippen LogP contribution in [0.1, 0.15) is 39.5 Å². The van der Waals surface area contributed by atoms with Gasteiger partial charge >= 0.3 is 0 Å². The Kier molecular flexibility index (Phi) is 3.19. The zero-order chi connectivity index (χ0) is 18.8. The highest BCUT2D eigenvalue weighted by Crippen LogP contribution is 2.75. The molecule has 0 unspecified atom stereocenters. The minimum Gasteiger partial charge on any atom is -0.393 e. The monoisotopic (exact) mass is 364 g/mol. The molecule has 6 fully saturated rings. The number of ketones is 1. The van der Waals surface area contributed by atoms with Gasteiger partial charge in [0, 0.05) is 11.8 Å². The first kappa shape index (κ1) is 17.3. The van der Waals surface area contributed by atoms with E-state index in [4.69, 9.17) is 4.74 Å². The second kappa shape index (κ2) is 4.78. The first-order chi connectivity index (χ1) is 12.1. The van der Waals surface area contributed by atoms with Crippen molar-refractivity contribution in [2.75, 3.05) is 0 Å². The summed E-state index contributed by atoms with van der Waals surface area (Å²) >= 11 is 0. The Hall–Kier alpha value is -0.790. The van der Waals surface area contributed by atoms with Crippen molar-refractivity contribution in [3.63, 3.8) is 0 Å². The van der Waals surface area contributed by atoms with E-state index in [1.165, 1.54) is 0 Å². The Morgan fingerprint density at radius 2 is 1.85 bits per heavy atom. The summed E-state index contributed by atoms with van der Waals surface area (Å²) < 4.78 is 5.90. The van der Waals surface area contributed by atoms with E-state index in [-0.39, 0.29) is 23.5 Å². The van der Waals surface area contributed by atoms with Crippen LogP contribution in [-0.4, -0.2) is 56.9 Å². The van der Waals surface area contributed by atoms with E-state index < -0.39 is 53.4 Å². The molecule has 2 saturated heterocycles. The lowest BCUT2D eigenvalue weighted by molar-refractivity contribution is -0.411. The minimum absolute atomic E-state index is 0.0943. The Bertz CT molecular complexity index is 696. The molecule has 6 heteroatoms. The van der Waals surface area contributed by atoms with Crippen molar-refractivity contribution >= 4 is 5.78 Å². The molecular formula is C20H28O6. The van der Waals surface area contributed by atoms with Gasteiger partial charge in [0.05, 0.1) is 35.2 Å². The highest BCUT2D eigenvalue weighted by molar-refractivity contribution is 6.04. The summed E-state index contributed by atoms with van der Waals surface area (Å²) in [7, 11) is 0. The molecule has 0 aromatic carbocycles. The molecule has 4 aliphatic carbocycles. The number of carbonyl (C=O) groups excluding carboxylic acids is 1. The highest BCUT2D eigenvalue weighted by atomic mass is 16.6. The first-order valence-corrected chi connectivity index (χ1v) is 9.72. The van der Waals surface area contributed by atoms with Crippen LogP contribution in [0.3, 0.4) is 0 Å². The predicted octanol–water partition coefficient (Wildman–Crippen LogP) is 0.374. The number of aliphatic hydroxyl groups excluding tert-OH is 4. The molecule has 0 amide bonds. The molecule has 6 nitrogen and oxygen atoms in total. The maximum Gasteiger partial charge on any atom is 0.170 e. The number of ether oxygens (including phenoxy) is 1. The van der Waals surface area contributed by atoms with Gasteiger partial charge in [-0.3, -0.25) is 4.79 Å². The number of Topliss-reactive ketones (excluding diaryl/α,β-unsaturated/α-hetero) is 1. The van der Waals surface area contributed by atoms with Crippen LogP contribution in [-0.2, 0) is 9.53 Å². The molecule has 0 aromatic heterocycles. The summed E-state index contributed by atoms with van der Waals surface area (Å²) in [5.41, 5.74) is -2.27. The van der Waals surface area contributed by atoms with Gasteiger partial charge in [-0.05, 0) is 42.6 Å². The lowest BCUT2D eigenvalue weighted by Gasteiger charge is -2.73. The lowest BCUT2D eigenvalue weighted by Crippen LogP contribution is -2.80. The maximum atomic E-state index is 13.3. The third-order valence-electron chi connectivity index (χ3n) is 8.83. The van der Waals surface area contributed by atoms with Crippen LogP contribution < -0.4 is 0 Å². The molecule has 144 valence electrons. The maximum absolute atomic E-state index is 13.3. The summed E-state index contributed by atoms with van der Waals surface area (Å²) in [6, 6.07) is 0. The molecule has 2 spiro atoms. The molecule has 2 aliphatic heterocycles. The number of aliphatic hydroxyl groups is 4. The SMILES string of the molecule is C=C1C(=O)[C@@]23[C@H]4C[C@@H]5C(C)(C)CC[C@@H](O)[C@@]5([C@H](O)O4)[C@H]2[C@H](O)C[C@@H]1[C@@H]3O. The largest absolute Gasteiger partial charge is 0.393 e. The number of carbonyl (C=O) groups is 1. The fraction of sp³-hybridized carbons (Fsp3) is 0.850. The third kappa shape index (κ3) is 1.51. The second-order valence-electron chi connectivity index (χ2n) is 9.93. The standard InChI is InChI=1S/C20H28O6/c1-8-9-6-10(21)14-19-11(18(2,3)5-4-12(19)22)7-13(26-17(19)25)20(14,15(8)23)16(9)24/h9-14,16-17,21-22,24-25H,1,4-7H2,2-3H3/t9-,10+,11+,12+,13+,14+,16-,17+,19+,20+/m0/s1. The Morgan fingerprint density at radius 3 is 2.54 bits per heavy atom. The minimum atomic E-state index is -1.30. The molecule has 4 bridgehead atoms. The summed E-state index contributed by atoms with van der Waals surface area (Å²) in [5, 5.41) is 44.4. The van der Waals surface area contributed by atoms with Crippen molar-refractivity contribution in [2.45, 2.75) is 70.2 Å². The van der Waals surface area contributed by atoms with Crippen LogP contribution >= 0.6 is 0 Å².